The van der Waals surface area contributed by atoms with E-state index in [1.54, 1.807) is 28.8 Å². The lowest BCUT2D eigenvalue weighted by atomic mass is 10.1. The SMILES string of the molecule is CC(C)c1[nH]nc2c1c(=O)nc(Cc1ccc(C(=O)O)cc1)n2-c1c(Cl)cc(Cl)cc1Cl. The lowest BCUT2D eigenvalue weighted by Crippen LogP contribution is -2.19. The molecule has 0 fully saturated rings. The van der Waals surface area contributed by atoms with Gasteiger partial charge in [0, 0.05) is 11.4 Å². The molecule has 2 aromatic heterocycles. The van der Waals surface area contributed by atoms with Crippen LogP contribution in [-0.4, -0.2) is 30.8 Å². The van der Waals surface area contributed by atoms with Gasteiger partial charge in [-0.1, -0.05) is 60.8 Å². The van der Waals surface area contributed by atoms with Crippen molar-refractivity contribution in [2.45, 2.75) is 26.2 Å². The van der Waals surface area contributed by atoms with E-state index in [1.807, 2.05) is 13.8 Å². The number of aromatic carboxylic acids is 1. The Kier molecular flexibility index (Phi) is 5.99. The molecular weight excluding hydrogens is 475 g/mol. The number of aromatic amines is 1. The number of nitrogens with one attached hydrogen (secondary N) is 1. The molecule has 0 radical (unpaired) electrons. The number of carbonyl (C=O) groups is 1. The zero-order valence-corrected chi connectivity index (χ0v) is 19.3. The highest BCUT2D eigenvalue weighted by Crippen LogP contribution is 2.35. The van der Waals surface area contributed by atoms with Gasteiger partial charge in [0.05, 0.1) is 27.0 Å². The Morgan fingerprint density at radius 1 is 1.12 bits per heavy atom. The van der Waals surface area contributed by atoms with Crippen LogP contribution in [0.25, 0.3) is 16.7 Å². The van der Waals surface area contributed by atoms with Crippen molar-refractivity contribution < 1.29 is 9.90 Å². The van der Waals surface area contributed by atoms with Gasteiger partial charge in [-0.2, -0.15) is 10.1 Å². The Labute approximate surface area is 197 Å². The molecule has 0 bridgehead atoms. The first-order valence-electron chi connectivity index (χ1n) is 9.64. The van der Waals surface area contributed by atoms with Crippen molar-refractivity contribution in [1.82, 2.24) is 19.7 Å². The van der Waals surface area contributed by atoms with Crippen molar-refractivity contribution >= 4 is 51.8 Å². The third kappa shape index (κ3) is 3.99. The van der Waals surface area contributed by atoms with Gasteiger partial charge in [0.1, 0.15) is 11.2 Å². The maximum atomic E-state index is 13.0. The molecule has 2 heterocycles. The minimum absolute atomic E-state index is 0.00789. The topological polar surface area (TPSA) is 101 Å². The number of carboxylic acids is 1. The molecule has 0 aliphatic rings. The summed E-state index contributed by atoms with van der Waals surface area (Å²) in [4.78, 5) is 28.5. The van der Waals surface area contributed by atoms with E-state index in [1.165, 1.54) is 12.1 Å². The highest BCUT2D eigenvalue weighted by molar-refractivity contribution is 6.40. The van der Waals surface area contributed by atoms with Gasteiger partial charge >= 0.3 is 5.97 Å². The fourth-order valence-corrected chi connectivity index (χ4v) is 4.52. The van der Waals surface area contributed by atoms with Crippen LogP contribution >= 0.6 is 34.8 Å². The zero-order valence-electron chi connectivity index (χ0n) is 17.0. The van der Waals surface area contributed by atoms with Crippen LogP contribution in [0.3, 0.4) is 0 Å². The van der Waals surface area contributed by atoms with Crippen molar-refractivity contribution in [1.29, 1.82) is 0 Å². The van der Waals surface area contributed by atoms with Gasteiger partial charge in [0.25, 0.3) is 5.56 Å². The lowest BCUT2D eigenvalue weighted by Gasteiger charge is -2.17. The van der Waals surface area contributed by atoms with Crippen molar-refractivity contribution in [3.63, 3.8) is 0 Å². The van der Waals surface area contributed by atoms with E-state index in [2.05, 4.69) is 15.2 Å². The predicted octanol–water partition coefficient (Wildman–Crippen LogP) is 5.48. The molecule has 2 aromatic carbocycles. The summed E-state index contributed by atoms with van der Waals surface area (Å²) < 4.78 is 1.64. The summed E-state index contributed by atoms with van der Waals surface area (Å²) in [6.45, 7) is 3.88. The standard InChI is InChI=1S/C22H17Cl3N4O3/c1-10(2)18-17-20(28-27-18)29(19-14(24)8-13(23)9-15(19)25)16(26-21(17)30)7-11-3-5-12(6-4-11)22(31)32/h3-6,8-10H,7H2,1-2H3,(H,27,28)(H,31,32). The van der Waals surface area contributed by atoms with Crippen LogP contribution in [0.15, 0.2) is 41.2 Å². The molecule has 7 nitrogen and oxygen atoms in total. The van der Waals surface area contributed by atoms with Gasteiger partial charge in [-0.05, 0) is 35.7 Å². The summed E-state index contributed by atoms with van der Waals surface area (Å²) >= 11 is 19.1. The van der Waals surface area contributed by atoms with Crippen LogP contribution in [0.1, 0.15) is 47.2 Å². The quantitative estimate of drug-likeness (QED) is 0.385. The zero-order chi connectivity index (χ0) is 23.2. The minimum atomic E-state index is -1.02. The van der Waals surface area contributed by atoms with Crippen LogP contribution in [0.4, 0.5) is 0 Å². The van der Waals surface area contributed by atoms with Crippen LogP contribution in [0, 0.1) is 0 Å². The Morgan fingerprint density at radius 3 is 2.31 bits per heavy atom. The largest absolute Gasteiger partial charge is 0.478 e. The Balaban J connectivity index is 2.00. The number of benzene rings is 2. The van der Waals surface area contributed by atoms with E-state index < -0.39 is 11.5 Å². The third-order valence-electron chi connectivity index (χ3n) is 5.04. The van der Waals surface area contributed by atoms with E-state index >= 15 is 0 Å². The summed E-state index contributed by atoms with van der Waals surface area (Å²) in [5.41, 5.74) is 1.88. The number of H-pyrrole nitrogens is 1. The Hall–Kier alpha value is -2.87. The predicted molar refractivity (Wildman–Crippen MR) is 125 cm³/mol. The second-order valence-corrected chi connectivity index (χ2v) is 8.81. The van der Waals surface area contributed by atoms with Gasteiger partial charge in [0.15, 0.2) is 5.65 Å². The van der Waals surface area contributed by atoms with Crippen LogP contribution in [-0.2, 0) is 6.42 Å². The lowest BCUT2D eigenvalue weighted by molar-refractivity contribution is 0.0697. The molecule has 164 valence electrons. The molecule has 0 aliphatic carbocycles. The molecule has 0 saturated heterocycles. The van der Waals surface area contributed by atoms with Crippen molar-refractivity contribution in [3.05, 3.63) is 84.5 Å². The number of hydrogen-bond donors (Lipinski definition) is 2. The molecule has 4 rings (SSSR count). The molecule has 32 heavy (non-hydrogen) atoms. The van der Waals surface area contributed by atoms with E-state index in [-0.39, 0.29) is 27.9 Å². The molecule has 0 amide bonds. The maximum Gasteiger partial charge on any atom is 0.335 e. The van der Waals surface area contributed by atoms with E-state index in [0.717, 1.165) is 5.56 Å². The average Bonchev–Trinajstić information content (AvgIpc) is 3.16. The number of carboxylic acid groups (broad SMARTS) is 1. The number of fused-ring (bicyclic) bond motifs is 1. The second kappa shape index (κ2) is 8.58. The number of halogens is 3. The first-order valence-corrected chi connectivity index (χ1v) is 10.8. The van der Waals surface area contributed by atoms with E-state index in [0.29, 0.717) is 33.3 Å². The highest BCUT2D eigenvalue weighted by atomic mass is 35.5. The molecule has 0 unspecified atom stereocenters. The number of nitrogens with zero attached hydrogens (tertiary/aromatic N) is 3. The molecule has 2 N–H and O–H groups in total. The fraction of sp³-hybridized carbons (Fsp3) is 0.182. The minimum Gasteiger partial charge on any atom is -0.478 e. The van der Waals surface area contributed by atoms with Gasteiger partial charge < -0.3 is 5.11 Å². The van der Waals surface area contributed by atoms with Crippen molar-refractivity contribution in [2.75, 3.05) is 0 Å². The van der Waals surface area contributed by atoms with Gasteiger partial charge in [-0.3, -0.25) is 14.5 Å². The molecule has 0 atom stereocenters. The Morgan fingerprint density at radius 2 is 1.75 bits per heavy atom. The summed E-state index contributed by atoms with van der Waals surface area (Å²) in [6, 6.07) is 9.42. The van der Waals surface area contributed by atoms with Gasteiger partial charge in [-0.15, -0.1) is 0 Å². The molecular formula is C22H17Cl3N4O3. The van der Waals surface area contributed by atoms with Crippen LogP contribution in [0.2, 0.25) is 15.1 Å². The molecule has 0 saturated carbocycles. The second-order valence-electron chi connectivity index (χ2n) is 7.56. The summed E-state index contributed by atoms with van der Waals surface area (Å²) in [6.07, 6.45) is 0.213. The van der Waals surface area contributed by atoms with E-state index in [9.17, 15) is 9.59 Å². The van der Waals surface area contributed by atoms with Crippen molar-refractivity contribution in [3.8, 4) is 5.69 Å². The van der Waals surface area contributed by atoms with E-state index in [4.69, 9.17) is 39.9 Å². The third-order valence-corrected chi connectivity index (χ3v) is 5.83. The first-order chi connectivity index (χ1) is 15.2. The highest BCUT2D eigenvalue weighted by Gasteiger charge is 2.23. The molecule has 0 spiro atoms. The first kappa shape index (κ1) is 22.3. The monoisotopic (exact) mass is 490 g/mol. The van der Waals surface area contributed by atoms with Gasteiger partial charge in [-0.25, -0.2) is 4.79 Å². The number of rotatable bonds is 5. The smallest absolute Gasteiger partial charge is 0.335 e. The number of aromatic nitrogens is 4. The van der Waals surface area contributed by atoms with Gasteiger partial charge in [0.2, 0.25) is 0 Å². The average molecular weight is 492 g/mol. The Bertz CT molecular complexity index is 1390. The summed E-state index contributed by atoms with van der Waals surface area (Å²) in [5, 5.41) is 17.7. The molecule has 4 aromatic rings. The molecule has 0 aliphatic heterocycles. The maximum absolute atomic E-state index is 13.0. The number of hydrogen-bond acceptors (Lipinski definition) is 4. The summed E-state index contributed by atoms with van der Waals surface area (Å²) in [5.74, 6) is -0.669. The molecule has 10 heteroatoms. The fourth-order valence-electron chi connectivity index (χ4n) is 3.53. The summed E-state index contributed by atoms with van der Waals surface area (Å²) in [7, 11) is 0. The van der Waals surface area contributed by atoms with Crippen molar-refractivity contribution in [2.24, 2.45) is 0 Å². The van der Waals surface area contributed by atoms with Crippen LogP contribution in [0.5, 0.6) is 0 Å². The normalized spacial score (nSPS) is 11.4. The van der Waals surface area contributed by atoms with Crippen LogP contribution < -0.4 is 5.56 Å².